The number of nitrogens with one attached hydrogen (secondary N) is 1. The summed E-state index contributed by atoms with van der Waals surface area (Å²) in [6, 6.07) is 8.14. The zero-order valence-electron chi connectivity index (χ0n) is 13.2. The van der Waals surface area contributed by atoms with Crippen LogP contribution in [0.1, 0.15) is 25.1 Å². The fourth-order valence-corrected chi connectivity index (χ4v) is 3.53. The summed E-state index contributed by atoms with van der Waals surface area (Å²) < 4.78 is 5.32. The summed E-state index contributed by atoms with van der Waals surface area (Å²) >= 11 is 0. The fraction of sp³-hybridized carbons (Fsp3) is 0.471. The molecule has 0 amide bonds. The van der Waals surface area contributed by atoms with Crippen molar-refractivity contribution in [2.75, 3.05) is 7.05 Å². The molecule has 0 saturated carbocycles. The molecule has 3 rings (SSSR count). The van der Waals surface area contributed by atoms with Gasteiger partial charge in [-0.05, 0) is 38.9 Å². The fourth-order valence-electron chi connectivity index (χ4n) is 3.53. The van der Waals surface area contributed by atoms with Crippen molar-refractivity contribution in [3.63, 3.8) is 0 Å². The van der Waals surface area contributed by atoms with E-state index >= 15 is 0 Å². The molecule has 0 aliphatic carbocycles. The number of aliphatic hydroxyl groups is 1. The molecule has 2 N–H and O–H groups in total. The molecular weight excluding hydrogens is 280 g/mol. The molecule has 2 heterocycles. The molecule has 0 fully saturated rings. The zero-order chi connectivity index (χ0) is 15.9. The number of hydrogen-bond acceptors (Lipinski definition) is 4. The SMILES string of the molecule is C[C@@H](O)C(C)(OC=O)C1Cc2c([nH]c3ccccc23)CN1C. The Balaban J connectivity index is 2.04. The van der Waals surface area contributed by atoms with Crippen molar-refractivity contribution in [3.8, 4) is 0 Å². The van der Waals surface area contributed by atoms with Gasteiger partial charge in [0.2, 0.25) is 0 Å². The molecule has 118 valence electrons. The number of ether oxygens (including phenoxy) is 1. The number of rotatable bonds is 4. The highest BCUT2D eigenvalue weighted by molar-refractivity contribution is 5.85. The highest BCUT2D eigenvalue weighted by Crippen LogP contribution is 2.35. The first-order valence-corrected chi connectivity index (χ1v) is 7.55. The minimum atomic E-state index is -0.938. The molecule has 2 aromatic rings. The van der Waals surface area contributed by atoms with E-state index in [9.17, 15) is 9.90 Å². The third-order valence-corrected chi connectivity index (χ3v) is 5.03. The molecule has 2 unspecified atom stereocenters. The first kappa shape index (κ1) is 15.1. The number of likely N-dealkylation sites (N-methyl/N-ethyl adjacent to an activating group) is 1. The molecule has 5 nitrogen and oxygen atoms in total. The molecule has 0 bridgehead atoms. The van der Waals surface area contributed by atoms with Gasteiger partial charge >= 0.3 is 0 Å². The summed E-state index contributed by atoms with van der Waals surface area (Å²) in [5.74, 6) is 0. The number of carbonyl (C=O) groups is 1. The minimum Gasteiger partial charge on any atom is -0.457 e. The maximum Gasteiger partial charge on any atom is 0.293 e. The number of benzene rings is 1. The van der Waals surface area contributed by atoms with Gasteiger partial charge in [-0.3, -0.25) is 9.69 Å². The third-order valence-electron chi connectivity index (χ3n) is 5.03. The lowest BCUT2D eigenvalue weighted by Crippen LogP contribution is -2.59. The lowest BCUT2D eigenvalue weighted by molar-refractivity contribution is -0.167. The number of aromatic nitrogens is 1. The van der Waals surface area contributed by atoms with Crippen molar-refractivity contribution >= 4 is 17.4 Å². The van der Waals surface area contributed by atoms with Gasteiger partial charge in [-0.15, -0.1) is 0 Å². The van der Waals surface area contributed by atoms with Gasteiger partial charge in [-0.2, -0.15) is 0 Å². The maximum atomic E-state index is 10.9. The van der Waals surface area contributed by atoms with Gasteiger partial charge in [-0.1, -0.05) is 18.2 Å². The molecule has 3 atom stereocenters. The molecule has 0 spiro atoms. The van der Waals surface area contributed by atoms with Gasteiger partial charge in [0.15, 0.2) is 5.60 Å². The van der Waals surface area contributed by atoms with Crippen molar-refractivity contribution in [1.29, 1.82) is 0 Å². The van der Waals surface area contributed by atoms with Crippen molar-refractivity contribution in [3.05, 3.63) is 35.5 Å². The van der Waals surface area contributed by atoms with E-state index in [1.807, 2.05) is 19.2 Å². The number of nitrogens with zero attached hydrogens (tertiary/aromatic N) is 1. The molecule has 1 aromatic carbocycles. The van der Waals surface area contributed by atoms with Gasteiger partial charge in [0.25, 0.3) is 6.47 Å². The molecular formula is C17H22N2O3. The summed E-state index contributed by atoms with van der Waals surface area (Å²) in [6.07, 6.45) is -0.0256. The van der Waals surface area contributed by atoms with Gasteiger partial charge < -0.3 is 14.8 Å². The smallest absolute Gasteiger partial charge is 0.293 e. The molecule has 1 aliphatic heterocycles. The minimum absolute atomic E-state index is 0.0793. The molecule has 5 heteroatoms. The largest absolute Gasteiger partial charge is 0.457 e. The number of hydrogen-bond donors (Lipinski definition) is 2. The van der Waals surface area contributed by atoms with Crippen LogP contribution >= 0.6 is 0 Å². The first-order chi connectivity index (χ1) is 10.5. The van der Waals surface area contributed by atoms with Crippen LogP contribution in [0.5, 0.6) is 0 Å². The topological polar surface area (TPSA) is 65.6 Å². The van der Waals surface area contributed by atoms with Gasteiger partial charge in [0, 0.05) is 23.1 Å². The molecule has 1 aliphatic rings. The van der Waals surface area contributed by atoms with Crippen LogP contribution in [0.4, 0.5) is 0 Å². The maximum absolute atomic E-state index is 10.9. The van der Waals surface area contributed by atoms with Crippen LogP contribution in [0.15, 0.2) is 24.3 Å². The Morgan fingerprint density at radius 3 is 2.91 bits per heavy atom. The summed E-state index contributed by atoms with van der Waals surface area (Å²) in [6.45, 7) is 4.64. The van der Waals surface area contributed by atoms with E-state index in [1.54, 1.807) is 13.8 Å². The summed E-state index contributed by atoms with van der Waals surface area (Å²) in [4.78, 5) is 16.5. The molecule has 0 radical (unpaired) electrons. The van der Waals surface area contributed by atoms with Crippen molar-refractivity contribution in [1.82, 2.24) is 9.88 Å². The zero-order valence-corrected chi connectivity index (χ0v) is 13.2. The Kier molecular flexibility index (Phi) is 3.70. The van der Waals surface area contributed by atoms with E-state index in [4.69, 9.17) is 4.74 Å². The predicted octanol–water partition coefficient (Wildman–Crippen LogP) is 1.84. The summed E-state index contributed by atoms with van der Waals surface area (Å²) in [5.41, 5.74) is 2.63. The highest BCUT2D eigenvalue weighted by atomic mass is 16.6. The van der Waals surface area contributed by atoms with Crippen LogP contribution in [0.25, 0.3) is 10.9 Å². The van der Waals surface area contributed by atoms with Crippen LogP contribution in [-0.2, 0) is 22.5 Å². The highest BCUT2D eigenvalue weighted by Gasteiger charge is 2.45. The molecule has 22 heavy (non-hydrogen) atoms. The van der Waals surface area contributed by atoms with Crippen LogP contribution in [-0.4, -0.2) is 46.3 Å². The number of H-pyrrole nitrogens is 1. The second kappa shape index (κ2) is 5.41. The Labute approximate surface area is 129 Å². The monoisotopic (exact) mass is 302 g/mol. The van der Waals surface area contributed by atoms with Crippen LogP contribution in [0.2, 0.25) is 0 Å². The Hall–Kier alpha value is -1.85. The quantitative estimate of drug-likeness (QED) is 0.846. The lowest BCUT2D eigenvalue weighted by atomic mass is 9.82. The van der Waals surface area contributed by atoms with E-state index in [1.165, 1.54) is 16.6 Å². The number of fused-ring (bicyclic) bond motifs is 3. The second-order valence-corrected chi connectivity index (χ2v) is 6.34. The first-order valence-electron chi connectivity index (χ1n) is 7.55. The van der Waals surface area contributed by atoms with Crippen LogP contribution < -0.4 is 0 Å². The van der Waals surface area contributed by atoms with E-state index in [0.29, 0.717) is 6.47 Å². The van der Waals surface area contributed by atoms with E-state index in [-0.39, 0.29) is 6.04 Å². The molecule has 0 saturated heterocycles. The van der Waals surface area contributed by atoms with E-state index in [2.05, 4.69) is 22.0 Å². The standard InChI is InChI=1S/C17H22N2O3/c1-11(21)17(2,22-10-20)16-8-13-12-6-4-5-7-14(12)18-15(13)9-19(16)3/h4-7,10-11,16,18,21H,8-9H2,1-3H3/t11-,16?,17?/m1/s1. The Morgan fingerprint density at radius 1 is 1.50 bits per heavy atom. The van der Waals surface area contributed by atoms with Gasteiger partial charge in [-0.25, -0.2) is 0 Å². The number of aromatic amines is 1. The van der Waals surface area contributed by atoms with Crippen LogP contribution in [0.3, 0.4) is 0 Å². The van der Waals surface area contributed by atoms with Crippen molar-refractivity contribution < 1.29 is 14.6 Å². The molecule has 1 aromatic heterocycles. The van der Waals surface area contributed by atoms with Crippen LogP contribution in [0, 0.1) is 0 Å². The van der Waals surface area contributed by atoms with Gasteiger partial charge in [0.1, 0.15) is 0 Å². The van der Waals surface area contributed by atoms with Gasteiger partial charge in [0.05, 0.1) is 12.1 Å². The average Bonchev–Trinajstić information content (AvgIpc) is 2.83. The van der Waals surface area contributed by atoms with E-state index in [0.717, 1.165) is 18.5 Å². The average molecular weight is 302 g/mol. The number of aliphatic hydroxyl groups excluding tert-OH is 1. The lowest BCUT2D eigenvalue weighted by Gasteiger charge is -2.45. The predicted molar refractivity (Wildman–Crippen MR) is 84.5 cm³/mol. The summed E-state index contributed by atoms with van der Waals surface area (Å²) in [7, 11) is 1.99. The Bertz CT molecular complexity index is 694. The number of carbonyl (C=O) groups excluding carboxylic acids is 1. The van der Waals surface area contributed by atoms with Crippen molar-refractivity contribution in [2.45, 2.75) is 44.6 Å². The van der Waals surface area contributed by atoms with E-state index < -0.39 is 11.7 Å². The number of para-hydroxylation sites is 1. The Morgan fingerprint density at radius 2 is 2.23 bits per heavy atom. The van der Waals surface area contributed by atoms with Crippen molar-refractivity contribution in [2.24, 2.45) is 0 Å². The third kappa shape index (κ3) is 2.21. The second-order valence-electron chi connectivity index (χ2n) is 6.34. The summed E-state index contributed by atoms with van der Waals surface area (Å²) in [5, 5.41) is 11.4. The normalized spacial score (nSPS) is 22.8.